The highest BCUT2D eigenvalue weighted by Crippen LogP contribution is 2.49. The zero-order chi connectivity index (χ0) is 36.0. The largest absolute Gasteiger partial charge is 0.246 e. The van der Waals surface area contributed by atoms with Crippen LogP contribution >= 0.6 is 11.3 Å². The van der Waals surface area contributed by atoms with Gasteiger partial charge in [0.15, 0.2) is 17.5 Å². The Kier molecular flexibility index (Phi) is 6.73. The Hall–Kier alpha value is -6.56. The Morgan fingerprint density at radius 1 is 0.407 bits per heavy atom. The number of nitrogens with zero attached hydrogens (tertiary/aromatic N) is 4. The summed E-state index contributed by atoms with van der Waals surface area (Å²) in [5.41, 5.74) is 11.1. The number of benzene rings is 7. The minimum absolute atomic E-state index is 0.136. The van der Waals surface area contributed by atoms with Crippen LogP contribution in [0.1, 0.15) is 25.0 Å². The fourth-order valence-corrected chi connectivity index (χ4v) is 9.66. The normalized spacial score (nSPS) is 13.1. The quantitative estimate of drug-likeness (QED) is 0.183. The van der Waals surface area contributed by atoms with Gasteiger partial charge < -0.3 is 0 Å². The van der Waals surface area contributed by atoms with E-state index in [9.17, 15) is 0 Å². The lowest BCUT2D eigenvalue weighted by Crippen LogP contribution is -2.15. The Morgan fingerprint density at radius 2 is 0.981 bits per heavy atom. The van der Waals surface area contributed by atoms with E-state index in [0.29, 0.717) is 17.5 Å². The van der Waals surface area contributed by atoms with Crippen molar-refractivity contribution in [3.8, 4) is 56.5 Å². The van der Waals surface area contributed by atoms with Crippen LogP contribution in [-0.4, -0.2) is 19.9 Å². The van der Waals surface area contributed by atoms with Crippen molar-refractivity contribution in [1.82, 2.24) is 19.9 Å². The van der Waals surface area contributed by atoms with Crippen LogP contribution in [0.2, 0.25) is 0 Å². The van der Waals surface area contributed by atoms with Crippen LogP contribution in [0, 0.1) is 0 Å². The first kappa shape index (κ1) is 31.0. The molecule has 0 fully saturated rings. The summed E-state index contributed by atoms with van der Waals surface area (Å²) in [4.78, 5) is 21.0. The van der Waals surface area contributed by atoms with Crippen molar-refractivity contribution in [2.45, 2.75) is 19.3 Å². The lowest BCUT2D eigenvalue weighted by Gasteiger charge is -2.21. The number of hydrogen-bond donors (Lipinski definition) is 0. The molecule has 0 bridgehead atoms. The molecule has 10 aromatic rings. The van der Waals surface area contributed by atoms with Gasteiger partial charge in [-0.15, -0.1) is 11.3 Å². The molecule has 54 heavy (non-hydrogen) atoms. The van der Waals surface area contributed by atoms with Gasteiger partial charge in [-0.3, -0.25) is 0 Å². The van der Waals surface area contributed by atoms with Gasteiger partial charge >= 0.3 is 0 Å². The topological polar surface area (TPSA) is 51.6 Å². The van der Waals surface area contributed by atoms with Crippen LogP contribution in [0.5, 0.6) is 0 Å². The molecule has 0 amide bonds. The molecule has 4 nitrogen and oxygen atoms in total. The first-order valence-corrected chi connectivity index (χ1v) is 19.1. The van der Waals surface area contributed by atoms with Crippen molar-refractivity contribution >= 4 is 53.2 Å². The van der Waals surface area contributed by atoms with Crippen molar-refractivity contribution in [2.75, 3.05) is 0 Å². The number of rotatable bonds is 4. The molecule has 3 heterocycles. The number of thiophene rings is 1. The van der Waals surface area contributed by atoms with E-state index < -0.39 is 0 Å². The molecule has 254 valence electrons. The molecular weight excluding hydrogens is 677 g/mol. The Morgan fingerprint density at radius 3 is 1.80 bits per heavy atom. The average Bonchev–Trinajstić information content (AvgIpc) is 3.72. The monoisotopic (exact) mass is 708 g/mol. The minimum Gasteiger partial charge on any atom is -0.246 e. The van der Waals surface area contributed by atoms with Gasteiger partial charge in [-0.2, -0.15) is 0 Å². The highest BCUT2D eigenvalue weighted by atomic mass is 32.1. The van der Waals surface area contributed by atoms with E-state index in [1.807, 2.05) is 29.5 Å². The Labute approximate surface area is 316 Å². The van der Waals surface area contributed by atoms with Crippen molar-refractivity contribution < 1.29 is 0 Å². The molecule has 0 aliphatic heterocycles. The predicted molar refractivity (Wildman–Crippen MR) is 225 cm³/mol. The van der Waals surface area contributed by atoms with Crippen molar-refractivity contribution in [2.24, 2.45) is 0 Å². The van der Waals surface area contributed by atoms with Crippen LogP contribution in [0.4, 0.5) is 0 Å². The summed E-state index contributed by atoms with van der Waals surface area (Å²) in [7, 11) is 0. The third kappa shape index (κ3) is 4.62. The van der Waals surface area contributed by atoms with E-state index in [0.717, 1.165) is 49.6 Å². The lowest BCUT2D eigenvalue weighted by molar-refractivity contribution is 0.660. The van der Waals surface area contributed by atoms with Gasteiger partial charge in [-0.1, -0.05) is 153 Å². The van der Waals surface area contributed by atoms with E-state index in [-0.39, 0.29) is 5.41 Å². The molecule has 0 N–H and O–H groups in total. The standard InChI is InChI=1S/C49H32N4S/c1-49(2)40-22-12-10-18-33(40)34-25-24-30(28-41(34)49)47-51-46(29-14-4-3-5-15-29)52-48(53-47)38-27-26-36(31-16-6-7-17-32(31)38)43-35-19-8-9-20-37(35)45-44(50-43)39-21-11-13-23-42(39)54-45/h3-28H,1-2H3. The molecule has 3 aromatic heterocycles. The summed E-state index contributed by atoms with van der Waals surface area (Å²) >= 11 is 1.82. The third-order valence-electron chi connectivity index (χ3n) is 11.1. The van der Waals surface area contributed by atoms with Gasteiger partial charge in [0, 0.05) is 48.5 Å². The highest BCUT2D eigenvalue weighted by molar-refractivity contribution is 7.26. The van der Waals surface area contributed by atoms with Crippen molar-refractivity contribution in [3.63, 3.8) is 0 Å². The maximum atomic E-state index is 5.45. The summed E-state index contributed by atoms with van der Waals surface area (Å²) in [5.74, 6) is 1.94. The Bertz CT molecular complexity index is 3140. The molecular formula is C49H32N4S. The first-order valence-electron chi connectivity index (χ1n) is 18.3. The molecule has 7 aromatic carbocycles. The van der Waals surface area contributed by atoms with Crippen LogP contribution in [0.3, 0.4) is 0 Å². The molecule has 0 atom stereocenters. The lowest BCUT2D eigenvalue weighted by atomic mass is 9.82. The average molecular weight is 709 g/mol. The molecule has 11 rings (SSSR count). The molecule has 0 saturated heterocycles. The second-order valence-electron chi connectivity index (χ2n) is 14.6. The first-order chi connectivity index (χ1) is 26.5. The molecule has 1 aliphatic rings. The maximum absolute atomic E-state index is 5.45. The van der Waals surface area contributed by atoms with Crippen LogP contribution in [0.25, 0.3) is 98.4 Å². The summed E-state index contributed by atoms with van der Waals surface area (Å²) in [6.07, 6.45) is 0. The van der Waals surface area contributed by atoms with Gasteiger partial charge in [-0.05, 0) is 51.2 Å². The molecule has 0 radical (unpaired) electrons. The highest BCUT2D eigenvalue weighted by Gasteiger charge is 2.35. The SMILES string of the molecule is CC1(C)c2ccccc2-c2ccc(-c3nc(-c4ccccc4)nc(-c4ccc(-c5nc6c7ccccc7sc6c6ccccc56)c5ccccc45)n3)cc21. The van der Waals surface area contributed by atoms with Gasteiger partial charge in [0.05, 0.1) is 15.9 Å². The number of pyridine rings is 1. The van der Waals surface area contributed by atoms with Crippen LogP contribution < -0.4 is 0 Å². The van der Waals surface area contributed by atoms with Crippen LogP contribution in [-0.2, 0) is 5.41 Å². The number of aromatic nitrogens is 4. The summed E-state index contributed by atoms with van der Waals surface area (Å²) in [6, 6.07) is 55.8. The van der Waals surface area contributed by atoms with E-state index in [2.05, 4.69) is 153 Å². The van der Waals surface area contributed by atoms with Gasteiger partial charge in [0.25, 0.3) is 0 Å². The van der Waals surface area contributed by atoms with Gasteiger partial charge in [0.1, 0.15) is 0 Å². The van der Waals surface area contributed by atoms with E-state index in [4.69, 9.17) is 19.9 Å². The summed E-state index contributed by atoms with van der Waals surface area (Å²) in [6.45, 7) is 4.61. The van der Waals surface area contributed by atoms with Crippen molar-refractivity contribution in [3.05, 3.63) is 169 Å². The summed E-state index contributed by atoms with van der Waals surface area (Å²) < 4.78 is 2.47. The molecule has 1 aliphatic carbocycles. The van der Waals surface area contributed by atoms with Gasteiger partial charge in [-0.25, -0.2) is 19.9 Å². The van der Waals surface area contributed by atoms with E-state index >= 15 is 0 Å². The zero-order valence-electron chi connectivity index (χ0n) is 29.7. The third-order valence-corrected chi connectivity index (χ3v) is 12.3. The number of fused-ring (bicyclic) bond motifs is 9. The molecule has 0 spiro atoms. The van der Waals surface area contributed by atoms with Crippen LogP contribution in [0.15, 0.2) is 158 Å². The predicted octanol–water partition coefficient (Wildman–Crippen LogP) is 12.9. The second-order valence-corrected chi connectivity index (χ2v) is 15.6. The van der Waals surface area contributed by atoms with Crippen molar-refractivity contribution in [1.29, 1.82) is 0 Å². The zero-order valence-corrected chi connectivity index (χ0v) is 30.5. The molecule has 5 heteroatoms. The smallest absolute Gasteiger partial charge is 0.164 e. The minimum atomic E-state index is -0.136. The van der Waals surface area contributed by atoms with E-state index in [1.165, 1.54) is 42.4 Å². The maximum Gasteiger partial charge on any atom is 0.164 e. The van der Waals surface area contributed by atoms with Gasteiger partial charge in [0.2, 0.25) is 0 Å². The molecule has 0 saturated carbocycles. The molecule has 0 unspecified atom stereocenters. The fourth-order valence-electron chi connectivity index (χ4n) is 8.48. The Balaban J connectivity index is 1.12. The number of hydrogen-bond acceptors (Lipinski definition) is 5. The second kappa shape index (κ2) is 11.7. The fraction of sp³-hybridized carbons (Fsp3) is 0.0612. The van der Waals surface area contributed by atoms with E-state index in [1.54, 1.807) is 0 Å². The summed E-state index contributed by atoms with van der Waals surface area (Å²) in [5, 5.41) is 5.73.